The molecule has 0 aromatic rings. The average molecular weight is 270 g/mol. The van der Waals surface area contributed by atoms with Gasteiger partial charge in [0.25, 0.3) is 0 Å². The minimum atomic E-state index is 0.449. The van der Waals surface area contributed by atoms with E-state index in [1.54, 1.807) is 0 Å². The second-order valence-corrected chi connectivity index (χ2v) is 8.80. The van der Waals surface area contributed by atoms with Crippen molar-refractivity contribution < 1.29 is 0 Å². The molecule has 0 aromatic carbocycles. The third kappa shape index (κ3) is 4.14. The van der Waals surface area contributed by atoms with Gasteiger partial charge in [0, 0.05) is 29.6 Å². The molecule has 0 amide bonds. The molecule has 2 aliphatic rings. The molecule has 3 unspecified atom stereocenters. The van der Waals surface area contributed by atoms with Crippen molar-refractivity contribution in [2.75, 3.05) is 25.4 Å². The highest BCUT2D eigenvalue weighted by Gasteiger charge is 2.29. The van der Waals surface area contributed by atoms with Crippen molar-refractivity contribution in [2.24, 2.45) is 17.6 Å². The van der Waals surface area contributed by atoms with Gasteiger partial charge < -0.3 is 10.6 Å². The Kier molecular flexibility index (Phi) is 5.01. The molecule has 0 radical (unpaired) electrons. The third-order valence-electron chi connectivity index (χ3n) is 4.73. The zero-order valence-electron chi connectivity index (χ0n) is 12.3. The zero-order valence-corrected chi connectivity index (χ0v) is 13.1. The van der Waals surface area contributed by atoms with Gasteiger partial charge >= 0.3 is 0 Å². The van der Waals surface area contributed by atoms with Gasteiger partial charge in [-0.15, -0.1) is 0 Å². The summed E-state index contributed by atoms with van der Waals surface area (Å²) in [7, 11) is 0. The molecule has 2 N–H and O–H groups in total. The highest BCUT2D eigenvalue weighted by atomic mass is 32.2. The SMILES string of the molecule is CC1CCC(N)C(CN2CCSC(C)(C)CC2)C1. The van der Waals surface area contributed by atoms with Crippen LogP contribution in [0.1, 0.15) is 46.5 Å². The van der Waals surface area contributed by atoms with Crippen LogP contribution in [0.5, 0.6) is 0 Å². The molecule has 2 nitrogen and oxygen atoms in total. The van der Waals surface area contributed by atoms with E-state index in [-0.39, 0.29) is 0 Å². The molecule has 1 aliphatic carbocycles. The molecule has 1 aliphatic heterocycles. The van der Waals surface area contributed by atoms with E-state index in [9.17, 15) is 0 Å². The quantitative estimate of drug-likeness (QED) is 0.836. The van der Waals surface area contributed by atoms with E-state index in [1.165, 1.54) is 51.1 Å². The molecule has 106 valence electrons. The fraction of sp³-hybridized carbons (Fsp3) is 1.00. The van der Waals surface area contributed by atoms with Gasteiger partial charge in [0.1, 0.15) is 0 Å². The highest BCUT2D eigenvalue weighted by Crippen LogP contribution is 2.33. The summed E-state index contributed by atoms with van der Waals surface area (Å²) >= 11 is 2.14. The second-order valence-electron chi connectivity index (χ2n) is 7.00. The van der Waals surface area contributed by atoms with Gasteiger partial charge in [0.2, 0.25) is 0 Å². The average Bonchev–Trinajstić information content (AvgIpc) is 2.46. The number of hydrogen-bond donors (Lipinski definition) is 1. The number of thioether (sulfide) groups is 1. The Bertz CT molecular complexity index is 267. The van der Waals surface area contributed by atoms with Gasteiger partial charge in [-0.2, -0.15) is 11.8 Å². The summed E-state index contributed by atoms with van der Waals surface area (Å²) in [6.07, 6.45) is 5.23. The summed E-state index contributed by atoms with van der Waals surface area (Å²) < 4.78 is 0.469. The van der Waals surface area contributed by atoms with Crippen molar-refractivity contribution in [1.29, 1.82) is 0 Å². The van der Waals surface area contributed by atoms with Crippen LogP contribution in [-0.4, -0.2) is 41.1 Å². The van der Waals surface area contributed by atoms with Crippen LogP contribution in [-0.2, 0) is 0 Å². The predicted octanol–water partition coefficient (Wildman–Crippen LogP) is 2.97. The predicted molar refractivity (Wildman–Crippen MR) is 82.1 cm³/mol. The molecule has 2 fully saturated rings. The first-order valence-electron chi connectivity index (χ1n) is 7.58. The van der Waals surface area contributed by atoms with Gasteiger partial charge in [-0.25, -0.2) is 0 Å². The lowest BCUT2D eigenvalue weighted by Crippen LogP contribution is -2.43. The number of nitrogens with zero attached hydrogens (tertiary/aromatic N) is 1. The van der Waals surface area contributed by atoms with E-state index in [0.29, 0.717) is 10.8 Å². The highest BCUT2D eigenvalue weighted by molar-refractivity contribution is 8.00. The Morgan fingerprint density at radius 3 is 2.83 bits per heavy atom. The number of nitrogens with two attached hydrogens (primary N) is 1. The van der Waals surface area contributed by atoms with Crippen LogP contribution in [0.4, 0.5) is 0 Å². The number of hydrogen-bond acceptors (Lipinski definition) is 3. The molecule has 1 heterocycles. The first-order valence-corrected chi connectivity index (χ1v) is 8.57. The van der Waals surface area contributed by atoms with Crippen LogP contribution < -0.4 is 5.73 Å². The van der Waals surface area contributed by atoms with Gasteiger partial charge in [0.15, 0.2) is 0 Å². The summed E-state index contributed by atoms with van der Waals surface area (Å²) in [6.45, 7) is 10.9. The first-order chi connectivity index (χ1) is 8.46. The van der Waals surface area contributed by atoms with Crippen LogP contribution in [0.15, 0.2) is 0 Å². The molecule has 0 aromatic heterocycles. The van der Waals surface area contributed by atoms with Crippen molar-refractivity contribution in [3.05, 3.63) is 0 Å². The lowest BCUT2D eigenvalue weighted by atomic mass is 9.79. The topological polar surface area (TPSA) is 29.3 Å². The molecule has 18 heavy (non-hydrogen) atoms. The third-order valence-corrected chi connectivity index (χ3v) is 6.10. The van der Waals surface area contributed by atoms with Gasteiger partial charge in [0.05, 0.1) is 0 Å². The van der Waals surface area contributed by atoms with Crippen molar-refractivity contribution in [2.45, 2.75) is 57.2 Å². The molecule has 2 rings (SSSR count). The minimum Gasteiger partial charge on any atom is -0.327 e. The minimum absolute atomic E-state index is 0.449. The fourth-order valence-electron chi connectivity index (χ4n) is 3.31. The van der Waals surface area contributed by atoms with E-state index < -0.39 is 0 Å². The van der Waals surface area contributed by atoms with Crippen LogP contribution >= 0.6 is 11.8 Å². The molecule has 1 saturated heterocycles. The lowest BCUT2D eigenvalue weighted by Gasteiger charge is -2.36. The molecular weight excluding hydrogens is 240 g/mol. The molecular formula is C15H30N2S. The Morgan fingerprint density at radius 2 is 2.06 bits per heavy atom. The second kappa shape index (κ2) is 6.15. The first kappa shape index (κ1) is 14.7. The van der Waals surface area contributed by atoms with Crippen LogP contribution in [0.2, 0.25) is 0 Å². The van der Waals surface area contributed by atoms with E-state index in [0.717, 1.165) is 11.8 Å². The van der Waals surface area contributed by atoms with Crippen molar-refractivity contribution in [1.82, 2.24) is 4.90 Å². The molecule has 1 saturated carbocycles. The van der Waals surface area contributed by atoms with Crippen LogP contribution in [0.3, 0.4) is 0 Å². The summed E-state index contributed by atoms with van der Waals surface area (Å²) in [5.41, 5.74) is 6.32. The van der Waals surface area contributed by atoms with Crippen molar-refractivity contribution >= 4 is 11.8 Å². The number of rotatable bonds is 2. The molecule has 3 heteroatoms. The van der Waals surface area contributed by atoms with E-state index >= 15 is 0 Å². The van der Waals surface area contributed by atoms with Crippen molar-refractivity contribution in [3.8, 4) is 0 Å². The summed E-state index contributed by atoms with van der Waals surface area (Å²) in [6, 6.07) is 0.449. The van der Waals surface area contributed by atoms with Crippen molar-refractivity contribution in [3.63, 3.8) is 0 Å². The monoisotopic (exact) mass is 270 g/mol. The van der Waals surface area contributed by atoms with Crippen LogP contribution in [0.25, 0.3) is 0 Å². The lowest BCUT2D eigenvalue weighted by molar-refractivity contribution is 0.165. The van der Waals surface area contributed by atoms with E-state index in [2.05, 4.69) is 37.4 Å². The maximum atomic E-state index is 6.32. The fourth-order valence-corrected chi connectivity index (χ4v) is 4.45. The Labute approximate surface area is 117 Å². The standard InChI is InChI=1S/C15H30N2S/c1-12-4-5-14(16)13(10-12)11-17-7-6-15(2,3)18-9-8-17/h12-14H,4-11,16H2,1-3H3. The molecule has 0 bridgehead atoms. The summed E-state index contributed by atoms with van der Waals surface area (Å²) in [4.78, 5) is 2.67. The van der Waals surface area contributed by atoms with E-state index in [1.807, 2.05) is 0 Å². The smallest absolute Gasteiger partial charge is 0.0116 e. The van der Waals surface area contributed by atoms with Crippen LogP contribution in [0, 0.1) is 11.8 Å². The summed E-state index contributed by atoms with van der Waals surface area (Å²) in [5.74, 6) is 2.90. The molecule has 0 spiro atoms. The van der Waals surface area contributed by atoms with E-state index in [4.69, 9.17) is 5.73 Å². The Hall–Kier alpha value is 0.270. The van der Waals surface area contributed by atoms with Gasteiger partial charge in [-0.3, -0.25) is 0 Å². The largest absolute Gasteiger partial charge is 0.327 e. The normalized spacial score (nSPS) is 38.3. The zero-order chi connectivity index (χ0) is 13.2. The summed E-state index contributed by atoms with van der Waals surface area (Å²) in [5, 5.41) is 0. The Balaban J connectivity index is 1.85. The maximum Gasteiger partial charge on any atom is 0.0116 e. The molecule has 3 atom stereocenters. The van der Waals surface area contributed by atoms with Gasteiger partial charge in [-0.1, -0.05) is 20.8 Å². The van der Waals surface area contributed by atoms with Gasteiger partial charge in [-0.05, 0) is 44.1 Å². The Morgan fingerprint density at radius 1 is 1.28 bits per heavy atom. The maximum absolute atomic E-state index is 6.32.